The van der Waals surface area contributed by atoms with Gasteiger partial charge in [-0.1, -0.05) is 0 Å². The Hall–Kier alpha value is -2.97. The highest BCUT2D eigenvalue weighted by Crippen LogP contribution is 2.42. The molecule has 2 aromatic carbocycles. The Morgan fingerprint density at radius 1 is 1.13 bits per heavy atom. The SMILES string of the molecule is CC(=O)c1ccc2c(c1)[C@H](NC(=O)c1ccc(F)cc1)[C@@H](OC(=O)CN)C(C)(C)O2.Cl. The molecule has 0 spiro atoms. The van der Waals surface area contributed by atoms with Crippen LogP contribution in [0.25, 0.3) is 0 Å². The smallest absolute Gasteiger partial charge is 0.320 e. The number of carbonyl (C=O) groups is 3. The van der Waals surface area contributed by atoms with Crippen molar-refractivity contribution >= 4 is 30.1 Å². The summed E-state index contributed by atoms with van der Waals surface area (Å²) in [6.45, 7) is 4.53. The molecule has 0 unspecified atom stereocenters. The van der Waals surface area contributed by atoms with Gasteiger partial charge in [0.05, 0.1) is 12.6 Å². The van der Waals surface area contributed by atoms with Gasteiger partial charge < -0.3 is 20.5 Å². The largest absolute Gasteiger partial charge is 0.484 e. The van der Waals surface area contributed by atoms with Crippen LogP contribution in [-0.2, 0) is 9.53 Å². The number of nitrogens with two attached hydrogens (primary N) is 1. The first kappa shape index (κ1) is 24.3. The van der Waals surface area contributed by atoms with E-state index in [4.69, 9.17) is 15.2 Å². The van der Waals surface area contributed by atoms with E-state index in [2.05, 4.69) is 5.32 Å². The van der Waals surface area contributed by atoms with E-state index >= 15 is 0 Å². The van der Waals surface area contributed by atoms with Gasteiger partial charge in [-0.2, -0.15) is 0 Å². The summed E-state index contributed by atoms with van der Waals surface area (Å²) >= 11 is 0. The molecule has 1 amide bonds. The number of ketones is 1. The summed E-state index contributed by atoms with van der Waals surface area (Å²) in [5.41, 5.74) is 5.54. The maximum atomic E-state index is 13.2. The van der Waals surface area contributed by atoms with E-state index in [-0.39, 0.29) is 30.3 Å². The highest BCUT2D eigenvalue weighted by atomic mass is 35.5. The number of nitrogens with one attached hydrogen (secondary N) is 1. The number of rotatable bonds is 5. The third-order valence-electron chi connectivity index (χ3n) is 4.93. The molecule has 0 aliphatic carbocycles. The predicted molar refractivity (Wildman–Crippen MR) is 114 cm³/mol. The molecule has 3 rings (SSSR count). The lowest BCUT2D eigenvalue weighted by Crippen LogP contribution is -2.55. The summed E-state index contributed by atoms with van der Waals surface area (Å²) < 4.78 is 24.8. The number of esters is 1. The van der Waals surface area contributed by atoms with E-state index in [0.717, 1.165) is 0 Å². The van der Waals surface area contributed by atoms with Crippen molar-refractivity contribution in [1.29, 1.82) is 0 Å². The van der Waals surface area contributed by atoms with Crippen LogP contribution in [0.5, 0.6) is 5.75 Å². The number of Topliss-reactive ketones (excluding diaryl/α,β-unsaturated/α-hetero) is 1. The molecule has 7 nitrogen and oxygen atoms in total. The lowest BCUT2D eigenvalue weighted by Gasteiger charge is -2.44. The Morgan fingerprint density at radius 2 is 1.74 bits per heavy atom. The van der Waals surface area contributed by atoms with Gasteiger partial charge in [-0.25, -0.2) is 4.39 Å². The van der Waals surface area contributed by atoms with Crippen LogP contribution in [0.4, 0.5) is 4.39 Å². The van der Waals surface area contributed by atoms with E-state index in [9.17, 15) is 18.8 Å². The fourth-order valence-corrected chi connectivity index (χ4v) is 3.39. The molecule has 0 bridgehead atoms. The third kappa shape index (κ3) is 5.21. The quantitative estimate of drug-likeness (QED) is 0.535. The molecule has 0 saturated carbocycles. The van der Waals surface area contributed by atoms with Gasteiger partial charge in [0.25, 0.3) is 5.91 Å². The molecule has 1 heterocycles. The fourth-order valence-electron chi connectivity index (χ4n) is 3.39. The van der Waals surface area contributed by atoms with Gasteiger partial charge in [-0.05, 0) is 63.2 Å². The van der Waals surface area contributed by atoms with Gasteiger partial charge in [0.2, 0.25) is 0 Å². The van der Waals surface area contributed by atoms with Crippen molar-refractivity contribution in [2.45, 2.75) is 38.5 Å². The minimum absolute atomic E-state index is 0. The van der Waals surface area contributed by atoms with Gasteiger partial charge in [0.1, 0.15) is 17.2 Å². The highest BCUT2D eigenvalue weighted by Gasteiger charge is 2.47. The molecule has 9 heteroatoms. The molecule has 0 fully saturated rings. The predicted octanol–water partition coefficient (Wildman–Crippen LogP) is 2.96. The van der Waals surface area contributed by atoms with E-state index in [1.165, 1.54) is 31.2 Å². The summed E-state index contributed by atoms with van der Waals surface area (Å²) in [6, 6.07) is 9.11. The minimum Gasteiger partial charge on any atom is -0.484 e. The summed E-state index contributed by atoms with van der Waals surface area (Å²) in [4.78, 5) is 36.7. The molecule has 166 valence electrons. The van der Waals surface area contributed by atoms with Gasteiger partial charge >= 0.3 is 5.97 Å². The van der Waals surface area contributed by atoms with E-state index in [1.807, 2.05) is 0 Å². The molecule has 31 heavy (non-hydrogen) atoms. The second kappa shape index (κ2) is 9.45. The number of carbonyl (C=O) groups excluding carboxylic acids is 3. The minimum atomic E-state index is -1.00. The molecule has 0 saturated heterocycles. The standard InChI is InChI=1S/C22H23FN2O5.ClH/c1-12(26)14-6-9-17-16(10-14)19(20(22(2,3)30-17)29-18(27)11-24)25-21(28)13-4-7-15(23)8-5-13;/h4-10,19-20H,11,24H2,1-3H3,(H,25,28);1H/t19-,20+;/m0./s1. The Labute approximate surface area is 185 Å². The first-order valence-corrected chi connectivity index (χ1v) is 9.42. The fraction of sp³-hybridized carbons (Fsp3) is 0.318. The maximum absolute atomic E-state index is 13.2. The molecule has 1 aliphatic rings. The van der Waals surface area contributed by atoms with Crippen LogP contribution in [0.15, 0.2) is 42.5 Å². The summed E-state index contributed by atoms with van der Waals surface area (Å²) in [7, 11) is 0. The average molecular weight is 451 g/mol. The summed E-state index contributed by atoms with van der Waals surface area (Å²) in [6.07, 6.45) is -0.923. The van der Waals surface area contributed by atoms with Crippen LogP contribution in [-0.4, -0.2) is 35.9 Å². The number of fused-ring (bicyclic) bond motifs is 1. The van der Waals surface area contributed by atoms with Crippen LogP contribution in [0, 0.1) is 5.82 Å². The Morgan fingerprint density at radius 3 is 2.32 bits per heavy atom. The lowest BCUT2D eigenvalue weighted by atomic mass is 9.85. The molecule has 0 aromatic heterocycles. The zero-order chi connectivity index (χ0) is 22.1. The Kier molecular flexibility index (Phi) is 7.41. The molecule has 0 radical (unpaired) electrons. The van der Waals surface area contributed by atoms with Gasteiger partial charge in [0.15, 0.2) is 11.9 Å². The van der Waals surface area contributed by atoms with Crippen molar-refractivity contribution in [2.75, 3.05) is 6.54 Å². The number of amides is 1. The normalized spacial score (nSPS) is 18.6. The first-order chi connectivity index (χ1) is 14.1. The van der Waals surface area contributed by atoms with E-state index in [1.54, 1.807) is 32.0 Å². The Bertz CT molecular complexity index is 994. The van der Waals surface area contributed by atoms with Crippen molar-refractivity contribution in [3.8, 4) is 5.75 Å². The molecule has 2 aromatic rings. The second-order valence-corrected chi connectivity index (χ2v) is 7.59. The number of ether oxygens (including phenoxy) is 2. The summed E-state index contributed by atoms with van der Waals surface area (Å²) in [5, 5.41) is 2.84. The first-order valence-electron chi connectivity index (χ1n) is 9.42. The van der Waals surface area contributed by atoms with Crippen LogP contribution in [0.1, 0.15) is 53.1 Å². The highest BCUT2D eigenvalue weighted by molar-refractivity contribution is 5.95. The van der Waals surface area contributed by atoms with Crippen LogP contribution in [0.2, 0.25) is 0 Å². The van der Waals surface area contributed by atoms with Crippen LogP contribution < -0.4 is 15.8 Å². The summed E-state index contributed by atoms with van der Waals surface area (Å²) in [5.74, 6) is -1.34. The number of benzene rings is 2. The van der Waals surface area contributed by atoms with Crippen LogP contribution in [0.3, 0.4) is 0 Å². The van der Waals surface area contributed by atoms with E-state index in [0.29, 0.717) is 16.9 Å². The van der Waals surface area contributed by atoms with Crippen LogP contribution >= 0.6 is 12.4 Å². The van der Waals surface area contributed by atoms with Crippen molar-refractivity contribution in [3.63, 3.8) is 0 Å². The van der Waals surface area contributed by atoms with Crippen molar-refractivity contribution in [2.24, 2.45) is 5.73 Å². The van der Waals surface area contributed by atoms with Crippen molar-refractivity contribution in [3.05, 3.63) is 65.0 Å². The monoisotopic (exact) mass is 450 g/mol. The zero-order valence-electron chi connectivity index (χ0n) is 17.3. The Balaban J connectivity index is 0.00000341. The molecular weight excluding hydrogens is 427 g/mol. The number of hydrogen-bond donors (Lipinski definition) is 2. The van der Waals surface area contributed by atoms with Crippen molar-refractivity contribution in [1.82, 2.24) is 5.32 Å². The van der Waals surface area contributed by atoms with Gasteiger partial charge in [0, 0.05) is 16.7 Å². The maximum Gasteiger partial charge on any atom is 0.320 e. The average Bonchev–Trinajstić information content (AvgIpc) is 2.70. The zero-order valence-corrected chi connectivity index (χ0v) is 18.1. The van der Waals surface area contributed by atoms with Crippen molar-refractivity contribution < 1.29 is 28.2 Å². The number of halogens is 2. The molecule has 3 N–H and O–H groups in total. The van der Waals surface area contributed by atoms with E-state index < -0.39 is 35.4 Å². The molecule has 2 atom stereocenters. The third-order valence-corrected chi connectivity index (χ3v) is 4.93. The molecule has 1 aliphatic heterocycles. The molecular formula is C22H24ClFN2O5. The van der Waals surface area contributed by atoms with Gasteiger partial charge in [-0.3, -0.25) is 14.4 Å². The van der Waals surface area contributed by atoms with Gasteiger partial charge in [-0.15, -0.1) is 12.4 Å². The number of hydrogen-bond acceptors (Lipinski definition) is 6. The second-order valence-electron chi connectivity index (χ2n) is 7.59. The topological polar surface area (TPSA) is 108 Å². The lowest BCUT2D eigenvalue weighted by molar-refractivity contribution is -0.163.